The van der Waals surface area contributed by atoms with Crippen molar-refractivity contribution in [2.75, 3.05) is 19.8 Å². The Hall–Kier alpha value is -3.55. The highest BCUT2D eigenvalue weighted by molar-refractivity contribution is 6.32. The first kappa shape index (κ1) is 24.6. The first-order chi connectivity index (χ1) is 17.0. The molecule has 0 atom stereocenters. The number of halogens is 2. The van der Waals surface area contributed by atoms with Crippen LogP contribution in [-0.2, 0) is 9.53 Å². The van der Waals surface area contributed by atoms with E-state index in [1.807, 2.05) is 30.3 Å². The highest BCUT2D eigenvalue weighted by Crippen LogP contribution is 2.28. The molecule has 0 saturated heterocycles. The molecule has 0 aliphatic carbocycles. The number of carbonyl (C=O) groups excluding carboxylic acids is 1. The van der Waals surface area contributed by atoms with Gasteiger partial charge in [0, 0.05) is 17.5 Å². The van der Waals surface area contributed by atoms with Crippen molar-refractivity contribution < 1.29 is 19.0 Å². The molecule has 4 aromatic rings. The van der Waals surface area contributed by atoms with Crippen LogP contribution in [0.3, 0.4) is 0 Å². The fourth-order valence-corrected chi connectivity index (χ4v) is 3.66. The first-order valence-corrected chi connectivity index (χ1v) is 11.8. The molecule has 0 N–H and O–H groups in total. The van der Waals surface area contributed by atoms with E-state index in [2.05, 4.69) is 10.2 Å². The Labute approximate surface area is 212 Å². The van der Waals surface area contributed by atoms with Gasteiger partial charge in [-0.05, 0) is 61.0 Å². The van der Waals surface area contributed by atoms with Gasteiger partial charge in [-0.25, -0.2) is 4.79 Å². The van der Waals surface area contributed by atoms with E-state index in [-0.39, 0.29) is 0 Å². The molecule has 4 rings (SSSR count). The van der Waals surface area contributed by atoms with Crippen molar-refractivity contribution in [3.63, 3.8) is 0 Å². The van der Waals surface area contributed by atoms with Crippen molar-refractivity contribution in [3.05, 3.63) is 82.3 Å². The molecule has 3 aromatic carbocycles. The topological polar surface area (TPSA) is 75.5 Å². The van der Waals surface area contributed by atoms with E-state index in [9.17, 15) is 4.79 Å². The van der Waals surface area contributed by atoms with E-state index >= 15 is 0 Å². The Bertz CT molecular complexity index is 1320. The molecular formula is C26H23Cl2N3O4. The van der Waals surface area contributed by atoms with Gasteiger partial charge in [-0.15, -0.1) is 15.0 Å². The van der Waals surface area contributed by atoms with Gasteiger partial charge in [-0.3, -0.25) is 0 Å². The molecule has 0 aliphatic heterocycles. The molecule has 0 aliphatic rings. The molecular weight excluding hydrogens is 489 g/mol. The summed E-state index contributed by atoms with van der Waals surface area (Å²) in [5.74, 6) is 0.773. The normalized spacial score (nSPS) is 11.2. The van der Waals surface area contributed by atoms with Gasteiger partial charge in [-0.2, -0.15) is 0 Å². The molecule has 0 spiro atoms. The molecule has 0 unspecified atom stereocenters. The molecule has 0 amide bonds. The van der Waals surface area contributed by atoms with Crippen molar-refractivity contribution in [1.82, 2.24) is 15.0 Å². The van der Waals surface area contributed by atoms with Crippen LogP contribution in [0.2, 0.25) is 10.0 Å². The average Bonchev–Trinajstić information content (AvgIpc) is 3.29. The number of nitrogens with zero attached hydrogens (tertiary/aromatic N) is 3. The number of rotatable bonds is 10. The maximum atomic E-state index is 11.4. The van der Waals surface area contributed by atoms with Crippen molar-refractivity contribution >= 4 is 46.3 Å². The number of fused-ring (bicyclic) bond motifs is 1. The highest BCUT2D eigenvalue weighted by Gasteiger charge is 2.11. The summed E-state index contributed by atoms with van der Waals surface area (Å²) >= 11 is 12.5. The molecule has 0 fully saturated rings. The minimum Gasteiger partial charge on any atom is -0.492 e. The average molecular weight is 512 g/mol. The van der Waals surface area contributed by atoms with E-state index in [1.54, 1.807) is 43.3 Å². The third-order valence-corrected chi connectivity index (χ3v) is 5.41. The Morgan fingerprint density at radius 1 is 0.943 bits per heavy atom. The van der Waals surface area contributed by atoms with Gasteiger partial charge in [0.15, 0.2) is 0 Å². The van der Waals surface area contributed by atoms with Gasteiger partial charge in [0.1, 0.15) is 28.2 Å². The fraction of sp³-hybridized carbons (Fsp3) is 0.192. The van der Waals surface area contributed by atoms with Gasteiger partial charge < -0.3 is 14.2 Å². The largest absolute Gasteiger partial charge is 0.492 e. The lowest BCUT2D eigenvalue weighted by atomic mass is 10.2. The predicted octanol–water partition coefficient (Wildman–Crippen LogP) is 6.15. The smallest absolute Gasteiger partial charge is 0.330 e. The number of benzene rings is 3. The zero-order valence-electron chi connectivity index (χ0n) is 19.0. The second-order valence-corrected chi connectivity index (χ2v) is 8.26. The lowest BCUT2D eigenvalue weighted by molar-refractivity contribution is -0.137. The van der Waals surface area contributed by atoms with Crippen molar-refractivity contribution in [2.24, 2.45) is 0 Å². The van der Waals surface area contributed by atoms with Crippen LogP contribution in [0.25, 0.3) is 22.8 Å². The molecule has 1 aromatic heterocycles. The number of ether oxygens (including phenoxy) is 3. The summed E-state index contributed by atoms with van der Waals surface area (Å²) in [5, 5.41) is 10.0. The van der Waals surface area contributed by atoms with Crippen LogP contribution in [0.1, 0.15) is 18.9 Å². The Kier molecular flexibility index (Phi) is 8.23. The molecule has 0 bridgehead atoms. The number of aromatic nitrogens is 3. The summed E-state index contributed by atoms with van der Waals surface area (Å²) in [5.41, 5.74) is 3.00. The Morgan fingerprint density at radius 3 is 2.31 bits per heavy atom. The minimum atomic E-state index is -0.399. The molecule has 9 heteroatoms. The third-order valence-electron chi connectivity index (χ3n) is 4.88. The van der Waals surface area contributed by atoms with E-state index in [0.717, 1.165) is 16.6 Å². The summed E-state index contributed by atoms with van der Waals surface area (Å²) in [4.78, 5) is 13.0. The number of hydrogen-bond donors (Lipinski definition) is 0. The maximum Gasteiger partial charge on any atom is 0.330 e. The van der Waals surface area contributed by atoms with Gasteiger partial charge in [0.2, 0.25) is 0 Å². The van der Waals surface area contributed by atoms with Crippen LogP contribution in [-0.4, -0.2) is 40.8 Å². The van der Waals surface area contributed by atoms with Crippen LogP contribution in [0.15, 0.2) is 66.7 Å². The Balaban J connectivity index is 1.32. The highest BCUT2D eigenvalue weighted by atomic mass is 35.5. The van der Waals surface area contributed by atoms with Crippen LogP contribution in [0.4, 0.5) is 0 Å². The summed E-state index contributed by atoms with van der Waals surface area (Å²) < 4.78 is 16.6. The van der Waals surface area contributed by atoms with Crippen LogP contribution < -0.4 is 9.47 Å². The van der Waals surface area contributed by atoms with E-state index in [1.165, 1.54) is 10.9 Å². The second-order valence-electron chi connectivity index (χ2n) is 7.42. The predicted molar refractivity (Wildman–Crippen MR) is 137 cm³/mol. The van der Waals surface area contributed by atoms with Crippen LogP contribution in [0, 0.1) is 0 Å². The lowest BCUT2D eigenvalue weighted by Crippen LogP contribution is -2.08. The zero-order valence-corrected chi connectivity index (χ0v) is 20.5. The molecule has 0 radical (unpaired) electrons. The Morgan fingerprint density at radius 2 is 1.63 bits per heavy atom. The van der Waals surface area contributed by atoms with E-state index < -0.39 is 5.97 Å². The first-order valence-electron chi connectivity index (χ1n) is 11.1. The van der Waals surface area contributed by atoms with Gasteiger partial charge in [0.05, 0.1) is 24.8 Å². The second kappa shape index (κ2) is 11.7. The van der Waals surface area contributed by atoms with Crippen molar-refractivity contribution in [3.8, 4) is 17.2 Å². The van der Waals surface area contributed by atoms with Crippen LogP contribution in [0.5, 0.6) is 11.5 Å². The zero-order chi connectivity index (χ0) is 24.6. The number of carbonyl (C=O) groups is 1. The third kappa shape index (κ3) is 6.53. The van der Waals surface area contributed by atoms with Gasteiger partial charge >= 0.3 is 5.97 Å². The van der Waals surface area contributed by atoms with Gasteiger partial charge in [0.25, 0.3) is 0 Å². The van der Waals surface area contributed by atoms with E-state index in [4.69, 9.17) is 37.4 Å². The fourth-order valence-electron chi connectivity index (χ4n) is 3.25. The SMILES string of the molecule is CCOC(=O)C=Cc1ccc(OCCCOc2ccc(Cl)cc2-n2nc3ccccc3n2)c(Cl)c1. The summed E-state index contributed by atoms with van der Waals surface area (Å²) in [7, 11) is 0. The minimum absolute atomic E-state index is 0.330. The maximum absolute atomic E-state index is 11.4. The lowest BCUT2D eigenvalue weighted by Gasteiger charge is -2.12. The molecule has 1 heterocycles. The van der Waals surface area contributed by atoms with Crippen molar-refractivity contribution in [1.29, 1.82) is 0 Å². The van der Waals surface area contributed by atoms with E-state index in [0.29, 0.717) is 53.5 Å². The molecule has 7 nitrogen and oxygen atoms in total. The molecule has 35 heavy (non-hydrogen) atoms. The number of hydrogen-bond acceptors (Lipinski definition) is 6. The van der Waals surface area contributed by atoms with Crippen LogP contribution >= 0.6 is 23.2 Å². The molecule has 0 saturated carbocycles. The quantitative estimate of drug-likeness (QED) is 0.144. The monoisotopic (exact) mass is 511 g/mol. The summed E-state index contributed by atoms with van der Waals surface area (Å²) in [6, 6.07) is 18.3. The van der Waals surface area contributed by atoms with Gasteiger partial charge in [-0.1, -0.05) is 41.4 Å². The summed E-state index contributed by atoms with van der Waals surface area (Å²) in [6.45, 7) is 2.90. The number of esters is 1. The summed E-state index contributed by atoms with van der Waals surface area (Å²) in [6.07, 6.45) is 3.62. The standard InChI is InChI=1S/C26H23Cl2N3O4/c1-2-33-26(32)13-9-18-8-11-24(20(28)16-18)34-14-5-15-35-25-12-10-19(27)17-23(25)31-29-21-6-3-4-7-22(21)30-31/h3-4,6-13,16-17H,2,5,14-15H2,1H3. The van der Waals surface area contributed by atoms with Crippen molar-refractivity contribution in [2.45, 2.75) is 13.3 Å². The molecule has 180 valence electrons.